The van der Waals surface area contributed by atoms with Gasteiger partial charge in [-0.1, -0.05) is 38.1 Å². The molecule has 0 aromatic heterocycles. The Labute approximate surface area is 131 Å². The van der Waals surface area contributed by atoms with Crippen molar-refractivity contribution >= 4 is 11.9 Å². The summed E-state index contributed by atoms with van der Waals surface area (Å²) >= 11 is 0. The standard InChI is InChI=1S/C17H25NO4/c1-12(2)7-15(17(20)21)10-18-16(19)9-13-5-4-6-14(8-13)11-22-3/h4-6,8,12,15H,7,9-11H2,1-3H3,(H,18,19)(H,20,21). The number of rotatable bonds is 9. The Morgan fingerprint density at radius 3 is 2.55 bits per heavy atom. The molecule has 0 aliphatic rings. The van der Waals surface area contributed by atoms with Crippen molar-refractivity contribution in [2.75, 3.05) is 13.7 Å². The van der Waals surface area contributed by atoms with E-state index in [2.05, 4.69) is 5.32 Å². The lowest BCUT2D eigenvalue weighted by Crippen LogP contribution is -2.34. The lowest BCUT2D eigenvalue weighted by Gasteiger charge is -2.15. The van der Waals surface area contributed by atoms with Crippen molar-refractivity contribution in [3.63, 3.8) is 0 Å². The van der Waals surface area contributed by atoms with Crippen LogP contribution in [0.2, 0.25) is 0 Å². The molecule has 22 heavy (non-hydrogen) atoms. The molecule has 0 saturated carbocycles. The van der Waals surface area contributed by atoms with Gasteiger partial charge in [-0.15, -0.1) is 0 Å². The summed E-state index contributed by atoms with van der Waals surface area (Å²) < 4.78 is 5.06. The normalized spacial score (nSPS) is 12.2. The van der Waals surface area contributed by atoms with E-state index in [0.717, 1.165) is 11.1 Å². The van der Waals surface area contributed by atoms with Crippen molar-refractivity contribution in [3.05, 3.63) is 35.4 Å². The molecule has 1 aromatic carbocycles. The molecule has 0 saturated heterocycles. The molecule has 1 atom stereocenters. The van der Waals surface area contributed by atoms with Crippen LogP contribution in [0, 0.1) is 11.8 Å². The molecule has 2 N–H and O–H groups in total. The van der Waals surface area contributed by atoms with Gasteiger partial charge in [-0.2, -0.15) is 0 Å². The predicted molar refractivity (Wildman–Crippen MR) is 84.4 cm³/mol. The van der Waals surface area contributed by atoms with E-state index in [1.807, 2.05) is 38.1 Å². The fourth-order valence-electron chi connectivity index (χ4n) is 2.32. The molecule has 0 aliphatic carbocycles. The fraction of sp³-hybridized carbons (Fsp3) is 0.529. The smallest absolute Gasteiger partial charge is 0.308 e. The molecule has 1 amide bonds. The zero-order valence-corrected chi connectivity index (χ0v) is 13.5. The third-order valence-corrected chi connectivity index (χ3v) is 3.32. The molecular formula is C17H25NO4. The number of hydrogen-bond donors (Lipinski definition) is 2. The lowest BCUT2D eigenvalue weighted by atomic mass is 9.97. The molecule has 0 heterocycles. The van der Waals surface area contributed by atoms with Gasteiger partial charge in [-0.25, -0.2) is 0 Å². The summed E-state index contributed by atoms with van der Waals surface area (Å²) in [6.07, 6.45) is 0.796. The molecule has 5 heteroatoms. The highest BCUT2D eigenvalue weighted by Crippen LogP contribution is 2.11. The maximum Gasteiger partial charge on any atom is 0.308 e. The first-order valence-corrected chi connectivity index (χ1v) is 7.48. The minimum atomic E-state index is -0.865. The molecule has 1 rings (SSSR count). The Bertz CT molecular complexity index is 499. The predicted octanol–water partition coefficient (Wildman–Crippen LogP) is 2.24. The second kappa shape index (κ2) is 9.20. The van der Waals surface area contributed by atoms with Gasteiger partial charge < -0.3 is 15.2 Å². The number of carbonyl (C=O) groups is 2. The lowest BCUT2D eigenvalue weighted by molar-refractivity contribution is -0.142. The quantitative estimate of drug-likeness (QED) is 0.733. The molecule has 1 aromatic rings. The van der Waals surface area contributed by atoms with Crippen LogP contribution in [0.15, 0.2) is 24.3 Å². The van der Waals surface area contributed by atoms with Gasteiger partial charge in [0.2, 0.25) is 5.91 Å². The van der Waals surface area contributed by atoms with E-state index >= 15 is 0 Å². The number of aliphatic carboxylic acids is 1. The number of benzene rings is 1. The molecule has 0 aliphatic heterocycles. The fourth-order valence-corrected chi connectivity index (χ4v) is 2.32. The molecule has 0 bridgehead atoms. The van der Waals surface area contributed by atoms with Crippen LogP contribution in [0.5, 0.6) is 0 Å². The average molecular weight is 307 g/mol. The van der Waals surface area contributed by atoms with Crippen molar-refractivity contribution in [1.82, 2.24) is 5.32 Å². The number of carboxylic acids is 1. The molecule has 0 fully saturated rings. The summed E-state index contributed by atoms with van der Waals surface area (Å²) in [5.74, 6) is -1.28. The van der Waals surface area contributed by atoms with Gasteiger partial charge in [0.1, 0.15) is 0 Å². The van der Waals surface area contributed by atoms with Crippen molar-refractivity contribution < 1.29 is 19.4 Å². The molecule has 122 valence electrons. The summed E-state index contributed by atoms with van der Waals surface area (Å²) in [6, 6.07) is 7.62. The van der Waals surface area contributed by atoms with E-state index in [4.69, 9.17) is 9.84 Å². The zero-order valence-electron chi connectivity index (χ0n) is 13.5. The Kier molecular flexibility index (Phi) is 7.60. The SMILES string of the molecule is COCc1cccc(CC(=O)NCC(CC(C)C)C(=O)O)c1. The highest BCUT2D eigenvalue weighted by Gasteiger charge is 2.19. The van der Waals surface area contributed by atoms with Crippen LogP contribution >= 0.6 is 0 Å². The second-order valence-corrected chi connectivity index (χ2v) is 5.90. The van der Waals surface area contributed by atoms with Crippen LogP contribution < -0.4 is 5.32 Å². The average Bonchev–Trinajstić information content (AvgIpc) is 2.43. The first kappa shape index (κ1) is 18.2. The zero-order chi connectivity index (χ0) is 16.5. The monoisotopic (exact) mass is 307 g/mol. The minimum Gasteiger partial charge on any atom is -0.481 e. The molecule has 1 unspecified atom stereocenters. The van der Waals surface area contributed by atoms with E-state index < -0.39 is 11.9 Å². The summed E-state index contributed by atoms with van der Waals surface area (Å²) in [5.41, 5.74) is 1.90. The number of nitrogens with one attached hydrogen (secondary N) is 1. The van der Waals surface area contributed by atoms with Crippen LogP contribution in [0.4, 0.5) is 0 Å². The van der Waals surface area contributed by atoms with Crippen molar-refractivity contribution in [1.29, 1.82) is 0 Å². The number of carbonyl (C=O) groups excluding carboxylic acids is 1. The third-order valence-electron chi connectivity index (χ3n) is 3.32. The summed E-state index contributed by atoms with van der Waals surface area (Å²) in [6.45, 7) is 4.62. The van der Waals surface area contributed by atoms with Crippen LogP contribution in [0.1, 0.15) is 31.4 Å². The summed E-state index contributed by atoms with van der Waals surface area (Å²) in [4.78, 5) is 23.1. The highest BCUT2D eigenvalue weighted by atomic mass is 16.5. The van der Waals surface area contributed by atoms with E-state index in [9.17, 15) is 9.59 Å². The third kappa shape index (κ3) is 6.72. The van der Waals surface area contributed by atoms with E-state index in [1.54, 1.807) is 7.11 Å². The van der Waals surface area contributed by atoms with E-state index in [0.29, 0.717) is 13.0 Å². The second-order valence-electron chi connectivity index (χ2n) is 5.90. The number of ether oxygens (including phenoxy) is 1. The van der Waals surface area contributed by atoms with Crippen LogP contribution in [0.3, 0.4) is 0 Å². The number of amides is 1. The van der Waals surface area contributed by atoms with Gasteiger partial charge in [-0.05, 0) is 23.5 Å². The van der Waals surface area contributed by atoms with Gasteiger partial charge >= 0.3 is 5.97 Å². The Hall–Kier alpha value is -1.88. The van der Waals surface area contributed by atoms with Gasteiger partial charge in [0.05, 0.1) is 18.9 Å². The van der Waals surface area contributed by atoms with Crippen molar-refractivity contribution in [3.8, 4) is 0 Å². The Morgan fingerprint density at radius 2 is 1.95 bits per heavy atom. The first-order chi connectivity index (χ1) is 10.4. The van der Waals surface area contributed by atoms with E-state index in [-0.39, 0.29) is 24.8 Å². The summed E-state index contributed by atoms with van der Waals surface area (Å²) in [7, 11) is 1.63. The van der Waals surface area contributed by atoms with Gasteiger partial charge in [-0.3, -0.25) is 9.59 Å². The Balaban J connectivity index is 2.51. The van der Waals surface area contributed by atoms with Gasteiger partial charge in [0.25, 0.3) is 0 Å². The van der Waals surface area contributed by atoms with Gasteiger partial charge in [0, 0.05) is 13.7 Å². The maximum atomic E-state index is 12.0. The van der Waals surface area contributed by atoms with Crippen LogP contribution in [0.25, 0.3) is 0 Å². The minimum absolute atomic E-state index is 0.162. The topological polar surface area (TPSA) is 75.6 Å². The van der Waals surface area contributed by atoms with Gasteiger partial charge in [0.15, 0.2) is 0 Å². The molecule has 0 radical (unpaired) electrons. The molecular weight excluding hydrogens is 282 g/mol. The maximum absolute atomic E-state index is 12.0. The van der Waals surface area contributed by atoms with Crippen molar-refractivity contribution in [2.24, 2.45) is 11.8 Å². The Morgan fingerprint density at radius 1 is 1.27 bits per heavy atom. The number of carboxylic acid groups (broad SMARTS) is 1. The largest absolute Gasteiger partial charge is 0.481 e. The molecule has 0 spiro atoms. The van der Waals surface area contributed by atoms with Crippen molar-refractivity contribution in [2.45, 2.75) is 33.3 Å². The first-order valence-electron chi connectivity index (χ1n) is 7.48. The number of hydrogen-bond acceptors (Lipinski definition) is 3. The summed E-state index contributed by atoms with van der Waals surface area (Å²) in [5, 5.41) is 11.9. The number of methoxy groups -OCH3 is 1. The van der Waals surface area contributed by atoms with E-state index in [1.165, 1.54) is 0 Å². The van der Waals surface area contributed by atoms with Crippen LogP contribution in [-0.2, 0) is 27.4 Å². The van der Waals surface area contributed by atoms with Crippen LogP contribution in [-0.4, -0.2) is 30.6 Å². The molecule has 5 nitrogen and oxygen atoms in total. The highest BCUT2D eigenvalue weighted by molar-refractivity contribution is 5.79.